The standard InChI is InChI=1S/C13H23NO4/c1-17-8-6-14(11-3-4-11)9-13(12(15)16)5-2-7-18-10-13/h11H,2-10H2,1H3,(H,15,16). The molecule has 1 atom stereocenters. The van der Waals surface area contributed by atoms with Gasteiger partial charge in [0, 0.05) is 32.8 Å². The molecule has 1 saturated heterocycles. The van der Waals surface area contributed by atoms with Crippen LogP contribution in [0.2, 0.25) is 0 Å². The summed E-state index contributed by atoms with van der Waals surface area (Å²) in [5.41, 5.74) is -0.714. The third kappa shape index (κ3) is 3.22. The molecule has 0 radical (unpaired) electrons. The number of carboxylic acid groups (broad SMARTS) is 1. The second kappa shape index (κ2) is 5.99. The fourth-order valence-electron chi connectivity index (χ4n) is 2.64. The molecule has 1 aliphatic carbocycles. The van der Waals surface area contributed by atoms with Gasteiger partial charge in [-0.15, -0.1) is 0 Å². The average Bonchev–Trinajstić information content (AvgIpc) is 3.19. The molecule has 1 heterocycles. The number of hydrogen-bond donors (Lipinski definition) is 1. The summed E-state index contributed by atoms with van der Waals surface area (Å²) in [6.07, 6.45) is 3.92. The third-order valence-electron chi connectivity index (χ3n) is 3.93. The molecule has 2 rings (SSSR count). The smallest absolute Gasteiger partial charge is 0.313 e. The van der Waals surface area contributed by atoms with Crippen molar-refractivity contribution in [3.05, 3.63) is 0 Å². The van der Waals surface area contributed by atoms with E-state index in [1.54, 1.807) is 7.11 Å². The van der Waals surface area contributed by atoms with E-state index >= 15 is 0 Å². The largest absolute Gasteiger partial charge is 0.481 e. The Labute approximate surface area is 108 Å². The van der Waals surface area contributed by atoms with Crippen LogP contribution in [-0.4, -0.2) is 62.0 Å². The number of rotatable bonds is 7. The van der Waals surface area contributed by atoms with Crippen LogP contribution in [0, 0.1) is 5.41 Å². The van der Waals surface area contributed by atoms with E-state index in [0.717, 1.165) is 19.4 Å². The minimum Gasteiger partial charge on any atom is -0.481 e. The Morgan fingerprint density at radius 1 is 1.56 bits per heavy atom. The van der Waals surface area contributed by atoms with E-state index in [9.17, 15) is 9.90 Å². The average molecular weight is 257 g/mol. The number of nitrogens with zero attached hydrogens (tertiary/aromatic N) is 1. The lowest BCUT2D eigenvalue weighted by Gasteiger charge is -2.37. The molecule has 5 nitrogen and oxygen atoms in total. The Balaban J connectivity index is 1.98. The number of hydrogen-bond acceptors (Lipinski definition) is 4. The monoisotopic (exact) mass is 257 g/mol. The molecule has 2 aliphatic rings. The van der Waals surface area contributed by atoms with Gasteiger partial charge in [-0.05, 0) is 25.7 Å². The molecule has 104 valence electrons. The summed E-state index contributed by atoms with van der Waals surface area (Å²) in [4.78, 5) is 13.9. The Hall–Kier alpha value is -0.650. The van der Waals surface area contributed by atoms with E-state index in [2.05, 4.69) is 4.90 Å². The van der Waals surface area contributed by atoms with Gasteiger partial charge in [0.2, 0.25) is 0 Å². The normalized spacial score (nSPS) is 28.6. The molecule has 0 aromatic heterocycles. The number of ether oxygens (including phenoxy) is 2. The van der Waals surface area contributed by atoms with Crippen LogP contribution < -0.4 is 0 Å². The van der Waals surface area contributed by atoms with E-state index in [4.69, 9.17) is 9.47 Å². The lowest BCUT2D eigenvalue weighted by Crippen LogP contribution is -2.49. The van der Waals surface area contributed by atoms with Crippen molar-refractivity contribution in [2.24, 2.45) is 5.41 Å². The van der Waals surface area contributed by atoms with E-state index in [0.29, 0.717) is 32.4 Å². The van der Waals surface area contributed by atoms with Gasteiger partial charge < -0.3 is 14.6 Å². The molecule has 0 aromatic carbocycles. The van der Waals surface area contributed by atoms with Crippen molar-refractivity contribution < 1.29 is 19.4 Å². The Morgan fingerprint density at radius 3 is 2.83 bits per heavy atom. The van der Waals surface area contributed by atoms with Gasteiger partial charge in [-0.2, -0.15) is 0 Å². The van der Waals surface area contributed by atoms with Crippen molar-refractivity contribution in [2.45, 2.75) is 31.7 Å². The molecule has 0 bridgehead atoms. The van der Waals surface area contributed by atoms with Gasteiger partial charge >= 0.3 is 5.97 Å². The number of carboxylic acids is 1. The zero-order chi connectivity index (χ0) is 13.0. The highest BCUT2D eigenvalue weighted by molar-refractivity contribution is 5.75. The third-order valence-corrected chi connectivity index (χ3v) is 3.93. The summed E-state index contributed by atoms with van der Waals surface area (Å²) >= 11 is 0. The van der Waals surface area contributed by atoms with Gasteiger partial charge in [0.25, 0.3) is 0 Å². The lowest BCUT2D eigenvalue weighted by atomic mass is 9.82. The summed E-state index contributed by atoms with van der Waals surface area (Å²) in [6, 6.07) is 0.554. The van der Waals surface area contributed by atoms with Gasteiger partial charge in [0.1, 0.15) is 5.41 Å². The first kappa shape index (κ1) is 13.8. The van der Waals surface area contributed by atoms with Crippen molar-refractivity contribution in [1.82, 2.24) is 4.90 Å². The van der Waals surface area contributed by atoms with Crippen LogP contribution in [0.3, 0.4) is 0 Å². The summed E-state index contributed by atoms with van der Waals surface area (Å²) in [7, 11) is 1.68. The van der Waals surface area contributed by atoms with Crippen LogP contribution in [0.5, 0.6) is 0 Å². The molecule has 5 heteroatoms. The highest BCUT2D eigenvalue weighted by Crippen LogP contribution is 2.34. The Bertz CT molecular complexity index is 285. The highest BCUT2D eigenvalue weighted by Gasteiger charge is 2.44. The molecule has 18 heavy (non-hydrogen) atoms. The summed E-state index contributed by atoms with van der Waals surface area (Å²) in [5, 5.41) is 9.53. The fraction of sp³-hybridized carbons (Fsp3) is 0.923. The Morgan fingerprint density at radius 2 is 2.33 bits per heavy atom. The maximum Gasteiger partial charge on any atom is 0.313 e. The molecular formula is C13H23NO4. The van der Waals surface area contributed by atoms with E-state index in [1.165, 1.54) is 12.8 Å². The summed E-state index contributed by atoms with van der Waals surface area (Å²) in [6.45, 7) is 3.11. The zero-order valence-corrected chi connectivity index (χ0v) is 11.1. The SMILES string of the molecule is COCCN(CC1(C(=O)O)CCCOC1)C1CC1. The predicted molar refractivity (Wildman–Crippen MR) is 66.6 cm³/mol. The second-order valence-electron chi connectivity index (χ2n) is 5.44. The molecule has 1 N–H and O–H groups in total. The summed E-state index contributed by atoms with van der Waals surface area (Å²) in [5.74, 6) is -0.717. The summed E-state index contributed by atoms with van der Waals surface area (Å²) < 4.78 is 10.5. The first-order valence-electron chi connectivity index (χ1n) is 6.72. The maximum atomic E-state index is 11.6. The Kier molecular flexibility index (Phi) is 4.59. The lowest BCUT2D eigenvalue weighted by molar-refractivity contribution is -0.159. The van der Waals surface area contributed by atoms with Crippen LogP contribution in [0.1, 0.15) is 25.7 Å². The first-order chi connectivity index (χ1) is 8.68. The molecule has 2 fully saturated rings. The van der Waals surface area contributed by atoms with Crippen LogP contribution in [0.4, 0.5) is 0 Å². The van der Waals surface area contributed by atoms with E-state index < -0.39 is 11.4 Å². The molecule has 1 saturated carbocycles. The van der Waals surface area contributed by atoms with E-state index in [1.807, 2.05) is 0 Å². The van der Waals surface area contributed by atoms with Crippen LogP contribution in [0.25, 0.3) is 0 Å². The van der Waals surface area contributed by atoms with Crippen molar-refractivity contribution in [3.8, 4) is 0 Å². The molecule has 0 spiro atoms. The molecule has 1 aliphatic heterocycles. The van der Waals surface area contributed by atoms with Gasteiger partial charge in [-0.25, -0.2) is 0 Å². The minimum absolute atomic E-state index is 0.346. The molecule has 0 amide bonds. The first-order valence-corrected chi connectivity index (χ1v) is 6.72. The van der Waals surface area contributed by atoms with Gasteiger partial charge in [0.15, 0.2) is 0 Å². The predicted octanol–water partition coefficient (Wildman–Crippen LogP) is 0.979. The molecule has 1 unspecified atom stereocenters. The number of carbonyl (C=O) groups is 1. The maximum absolute atomic E-state index is 11.6. The van der Waals surface area contributed by atoms with E-state index in [-0.39, 0.29) is 0 Å². The van der Waals surface area contributed by atoms with Gasteiger partial charge in [-0.3, -0.25) is 9.69 Å². The van der Waals surface area contributed by atoms with Gasteiger partial charge in [0.05, 0.1) is 13.2 Å². The molecule has 0 aromatic rings. The fourth-order valence-corrected chi connectivity index (χ4v) is 2.64. The zero-order valence-electron chi connectivity index (χ0n) is 11.1. The molecular weight excluding hydrogens is 234 g/mol. The van der Waals surface area contributed by atoms with Gasteiger partial charge in [-0.1, -0.05) is 0 Å². The van der Waals surface area contributed by atoms with Crippen LogP contribution in [0.15, 0.2) is 0 Å². The van der Waals surface area contributed by atoms with Crippen molar-refractivity contribution in [3.63, 3.8) is 0 Å². The quantitative estimate of drug-likeness (QED) is 0.736. The van der Waals surface area contributed by atoms with Crippen LogP contribution >= 0.6 is 0 Å². The number of aliphatic carboxylic acids is 1. The second-order valence-corrected chi connectivity index (χ2v) is 5.44. The number of methoxy groups -OCH3 is 1. The van der Waals surface area contributed by atoms with Crippen molar-refractivity contribution in [2.75, 3.05) is 40.0 Å². The van der Waals surface area contributed by atoms with Crippen molar-refractivity contribution in [1.29, 1.82) is 0 Å². The highest BCUT2D eigenvalue weighted by atomic mass is 16.5. The topological polar surface area (TPSA) is 59.0 Å². The van der Waals surface area contributed by atoms with Crippen molar-refractivity contribution >= 4 is 5.97 Å². The van der Waals surface area contributed by atoms with Crippen LogP contribution in [-0.2, 0) is 14.3 Å². The minimum atomic E-state index is -0.717.